The van der Waals surface area contributed by atoms with E-state index in [4.69, 9.17) is 10.5 Å². The van der Waals surface area contributed by atoms with E-state index in [1.54, 1.807) is 6.07 Å². The summed E-state index contributed by atoms with van der Waals surface area (Å²) in [7, 11) is 0. The molecule has 1 aromatic heterocycles. The molecule has 0 aliphatic carbocycles. The molecule has 1 atom stereocenters. The van der Waals surface area contributed by atoms with E-state index in [9.17, 15) is 0 Å². The van der Waals surface area contributed by atoms with Crippen LogP contribution < -0.4 is 15.8 Å². The topological polar surface area (TPSA) is 73.1 Å². The highest BCUT2D eigenvalue weighted by Crippen LogP contribution is 2.14. The average Bonchev–Trinajstić information content (AvgIpc) is 2.25. The van der Waals surface area contributed by atoms with Gasteiger partial charge in [0, 0.05) is 18.7 Å². The third kappa shape index (κ3) is 4.02. The van der Waals surface area contributed by atoms with Gasteiger partial charge in [-0.1, -0.05) is 6.92 Å². The quantitative estimate of drug-likeness (QED) is 0.762. The second kappa shape index (κ2) is 6.27. The van der Waals surface area contributed by atoms with E-state index in [2.05, 4.69) is 29.1 Å². The highest BCUT2D eigenvalue weighted by Gasteiger charge is 2.05. The number of aromatic nitrogens is 2. The Bertz CT molecular complexity index is 330. The van der Waals surface area contributed by atoms with Gasteiger partial charge in [-0.2, -0.15) is 4.98 Å². The van der Waals surface area contributed by atoms with Crippen LogP contribution in [0.25, 0.3) is 0 Å². The van der Waals surface area contributed by atoms with Gasteiger partial charge in [0.2, 0.25) is 5.88 Å². The van der Waals surface area contributed by atoms with Gasteiger partial charge in [0.1, 0.15) is 18.2 Å². The first-order valence-electron chi connectivity index (χ1n) is 5.60. The smallest absolute Gasteiger partial charge is 0.218 e. The van der Waals surface area contributed by atoms with Gasteiger partial charge in [-0.3, -0.25) is 0 Å². The van der Waals surface area contributed by atoms with Crippen LogP contribution in [0.15, 0.2) is 6.07 Å². The summed E-state index contributed by atoms with van der Waals surface area (Å²) in [6, 6.07) is 2.19. The van der Waals surface area contributed by atoms with Crippen molar-refractivity contribution in [3.63, 3.8) is 0 Å². The molecule has 5 heteroatoms. The first-order valence-corrected chi connectivity index (χ1v) is 5.60. The van der Waals surface area contributed by atoms with Crippen LogP contribution in [0, 0.1) is 6.92 Å². The molecule has 90 valence electrons. The minimum absolute atomic E-state index is 0.386. The van der Waals surface area contributed by atoms with E-state index in [1.807, 2.05) is 6.92 Å². The molecule has 0 amide bonds. The third-order valence-corrected chi connectivity index (χ3v) is 2.19. The van der Waals surface area contributed by atoms with Crippen LogP contribution in [0.4, 0.5) is 5.82 Å². The number of aryl methyl sites for hydroxylation is 1. The second-order valence-corrected chi connectivity index (χ2v) is 3.73. The number of rotatable bonds is 6. The normalized spacial score (nSPS) is 12.2. The van der Waals surface area contributed by atoms with Crippen LogP contribution in [0.5, 0.6) is 5.88 Å². The van der Waals surface area contributed by atoms with E-state index in [0.717, 1.165) is 12.2 Å². The van der Waals surface area contributed by atoms with Crippen LogP contribution >= 0.6 is 0 Å². The number of nitrogens with zero attached hydrogens (tertiary/aromatic N) is 2. The number of hydrogen-bond acceptors (Lipinski definition) is 5. The zero-order chi connectivity index (χ0) is 12.0. The lowest BCUT2D eigenvalue weighted by atomic mass is 10.2. The van der Waals surface area contributed by atoms with Gasteiger partial charge >= 0.3 is 0 Å². The van der Waals surface area contributed by atoms with Gasteiger partial charge in [-0.25, -0.2) is 4.98 Å². The highest BCUT2D eigenvalue weighted by molar-refractivity contribution is 5.39. The number of hydrogen-bond donors (Lipinski definition) is 2. The molecule has 0 spiro atoms. The van der Waals surface area contributed by atoms with Crippen molar-refractivity contribution < 1.29 is 4.74 Å². The van der Waals surface area contributed by atoms with Crippen LogP contribution in [-0.4, -0.2) is 29.2 Å². The molecule has 0 aliphatic heterocycles. The van der Waals surface area contributed by atoms with E-state index in [-0.39, 0.29) is 0 Å². The first-order chi connectivity index (χ1) is 7.65. The van der Waals surface area contributed by atoms with Gasteiger partial charge in [0.05, 0.1) is 0 Å². The summed E-state index contributed by atoms with van der Waals surface area (Å²) in [4.78, 5) is 8.47. The second-order valence-electron chi connectivity index (χ2n) is 3.73. The van der Waals surface area contributed by atoms with E-state index >= 15 is 0 Å². The minimum Gasteiger partial charge on any atom is -0.476 e. The Morgan fingerprint density at radius 1 is 1.50 bits per heavy atom. The monoisotopic (exact) mass is 224 g/mol. The molecular weight excluding hydrogens is 204 g/mol. The molecule has 0 saturated heterocycles. The number of ether oxygens (including phenoxy) is 1. The molecule has 0 radical (unpaired) electrons. The molecule has 1 heterocycles. The largest absolute Gasteiger partial charge is 0.476 e. The van der Waals surface area contributed by atoms with Crippen LogP contribution in [0.2, 0.25) is 0 Å². The molecule has 0 unspecified atom stereocenters. The average molecular weight is 224 g/mol. The fraction of sp³-hybridized carbons (Fsp3) is 0.636. The Labute approximate surface area is 96.4 Å². The van der Waals surface area contributed by atoms with Crippen LogP contribution in [0.3, 0.4) is 0 Å². The SMILES string of the molecule is CC[C@@H](C)Nc1cc(OCCN)nc(C)n1. The maximum Gasteiger partial charge on any atom is 0.218 e. The molecule has 0 bridgehead atoms. The van der Waals surface area contributed by atoms with Crippen molar-refractivity contribution in [1.29, 1.82) is 0 Å². The summed E-state index contributed by atoms with van der Waals surface area (Å²) in [5.41, 5.74) is 5.37. The van der Waals surface area contributed by atoms with Crippen molar-refractivity contribution in [3.05, 3.63) is 11.9 Å². The Kier molecular flexibility index (Phi) is 4.98. The predicted octanol–water partition coefficient (Wildman–Crippen LogP) is 1.33. The summed E-state index contributed by atoms with van der Waals surface area (Å²) < 4.78 is 5.38. The summed E-state index contributed by atoms with van der Waals surface area (Å²) in [6.07, 6.45) is 1.04. The fourth-order valence-corrected chi connectivity index (χ4v) is 1.21. The van der Waals surface area contributed by atoms with Gasteiger partial charge in [0.15, 0.2) is 0 Å². The Morgan fingerprint density at radius 2 is 2.25 bits per heavy atom. The van der Waals surface area contributed by atoms with Crippen molar-refractivity contribution in [3.8, 4) is 5.88 Å². The lowest BCUT2D eigenvalue weighted by Gasteiger charge is -2.13. The summed E-state index contributed by atoms with van der Waals surface area (Å²) in [5.74, 6) is 2.07. The number of nitrogens with two attached hydrogens (primary N) is 1. The van der Waals surface area contributed by atoms with Crippen molar-refractivity contribution in [1.82, 2.24) is 9.97 Å². The standard InChI is InChI=1S/C11H20N4O/c1-4-8(2)13-10-7-11(16-6-5-12)15-9(3)14-10/h7-8H,4-6,12H2,1-3H3,(H,13,14,15)/t8-/m1/s1. The highest BCUT2D eigenvalue weighted by atomic mass is 16.5. The summed E-state index contributed by atoms with van der Waals surface area (Å²) >= 11 is 0. The van der Waals surface area contributed by atoms with Crippen molar-refractivity contribution in [2.24, 2.45) is 5.73 Å². The van der Waals surface area contributed by atoms with E-state index < -0.39 is 0 Å². The van der Waals surface area contributed by atoms with Crippen LogP contribution in [0.1, 0.15) is 26.1 Å². The van der Waals surface area contributed by atoms with Crippen molar-refractivity contribution in [2.75, 3.05) is 18.5 Å². The van der Waals surface area contributed by atoms with E-state index in [1.165, 1.54) is 0 Å². The molecule has 16 heavy (non-hydrogen) atoms. The third-order valence-electron chi connectivity index (χ3n) is 2.19. The fourth-order valence-electron chi connectivity index (χ4n) is 1.21. The van der Waals surface area contributed by atoms with Crippen LogP contribution in [-0.2, 0) is 0 Å². The lowest BCUT2D eigenvalue weighted by Crippen LogP contribution is -2.16. The maximum absolute atomic E-state index is 5.38. The van der Waals surface area contributed by atoms with Gasteiger partial charge in [-0.05, 0) is 20.3 Å². The summed E-state index contributed by atoms with van der Waals surface area (Å²) in [5, 5.41) is 3.29. The molecular formula is C11H20N4O. The zero-order valence-corrected chi connectivity index (χ0v) is 10.2. The van der Waals surface area contributed by atoms with Crippen molar-refractivity contribution in [2.45, 2.75) is 33.2 Å². The van der Waals surface area contributed by atoms with E-state index in [0.29, 0.717) is 30.9 Å². The number of nitrogens with one attached hydrogen (secondary N) is 1. The molecule has 3 N–H and O–H groups in total. The molecule has 1 rings (SSSR count). The van der Waals surface area contributed by atoms with Gasteiger partial charge in [0.25, 0.3) is 0 Å². The molecule has 5 nitrogen and oxygen atoms in total. The molecule has 0 fully saturated rings. The predicted molar refractivity (Wildman–Crippen MR) is 64.7 cm³/mol. The Morgan fingerprint density at radius 3 is 2.88 bits per heavy atom. The minimum atomic E-state index is 0.386. The van der Waals surface area contributed by atoms with Gasteiger partial charge in [-0.15, -0.1) is 0 Å². The van der Waals surface area contributed by atoms with Gasteiger partial charge < -0.3 is 15.8 Å². The Hall–Kier alpha value is -1.36. The van der Waals surface area contributed by atoms with Crippen molar-refractivity contribution >= 4 is 5.82 Å². The zero-order valence-electron chi connectivity index (χ0n) is 10.2. The maximum atomic E-state index is 5.38. The lowest BCUT2D eigenvalue weighted by molar-refractivity contribution is 0.314. The summed E-state index contributed by atoms with van der Waals surface area (Å²) in [6.45, 7) is 7.03. The molecule has 0 aliphatic rings. The molecule has 0 saturated carbocycles. The number of anilines is 1. The molecule has 1 aromatic rings. The molecule has 0 aromatic carbocycles. The Balaban J connectivity index is 2.73. The first kappa shape index (κ1) is 12.7.